The third kappa shape index (κ3) is 3.13. The first-order valence-electron chi connectivity index (χ1n) is 11.8. The van der Waals surface area contributed by atoms with Crippen molar-refractivity contribution in [1.29, 1.82) is 0 Å². The third-order valence-electron chi connectivity index (χ3n) is 9.73. The van der Waals surface area contributed by atoms with Crippen LogP contribution in [-0.4, -0.2) is 31.2 Å². The summed E-state index contributed by atoms with van der Waals surface area (Å²) in [5.41, 5.74) is 0.647. The summed E-state index contributed by atoms with van der Waals surface area (Å²) in [7, 11) is 0. The predicted octanol–water partition coefficient (Wildman–Crippen LogP) is 6.37. The molecule has 2 saturated heterocycles. The molecule has 3 aliphatic carbocycles. The topological polar surface area (TPSA) is 3.24 Å². The molecule has 25 heavy (non-hydrogen) atoms. The Hall–Kier alpha value is 0.0249. The van der Waals surface area contributed by atoms with Crippen LogP contribution in [0.25, 0.3) is 0 Å². The van der Waals surface area contributed by atoms with Crippen molar-refractivity contribution >= 4 is 6.71 Å². The van der Waals surface area contributed by atoms with Gasteiger partial charge >= 0.3 is 0 Å². The molecule has 4 atom stereocenters. The van der Waals surface area contributed by atoms with Crippen LogP contribution < -0.4 is 0 Å². The molecule has 0 amide bonds. The molecule has 2 heterocycles. The Labute approximate surface area is 157 Å². The fourth-order valence-corrected chi connectivity index (χ4v) is 8.14. The lowest BCUT2D eigenvalue weighted by molar-refractivity contribution is -0.109. The molecule has 4 bridgehead atoms. The smallest absolute Gasteiger partial charge is 0.00173 e. The maximum atomic E-state index is 2.68. The van der Waals surface area contributed by atoms with E-state index in [4.69, 9.17) is 0 Å². The molecule has 0 aromatic heterocycles. The maximum absolute atomic E-state index is 2.68. The lowest BCUT2D eigenvalue weighted by Crippen LogP contribution is -2.58. The van der Waals surface area contributed by atoms with Crippen LogP contribution in [0.2, 0.25) is 17.5 Å². The van der Waals surface area contributed by atoms with Crippen molar-refractivity contribution < 1.29 is 0 Å². The first kappa shape index (κ1) is 18.4. The van der Waals surface area contributed by atoms with Gasteiger partial charge in [0, 0.05) is 0 Å². The number of rotatable bonds is 6. The molecule has 2 heteroatoms. The van der Waals surface area contributed by atoms with Crippen LogP contribution in [0, 0.1) is 23.2 Å². The molecule has 143 valence electrons. The predicted molar refractivity (Wildman–Crippen MR) is 111 cm³/mol. The van der Waals surface area contributed by atoms with E-state index in [1.54, 1.807) is 51.4 Å². The molecule has 0 unspecified atom stereocenters. The van der Waals surface area contributed by atoms with Gasteiger partial charge in [0.25, 0.3) is 0 Å². The van der Waals surface area contributed by atoms with Crippen LogP contribution in [0.3, 0.4) is 0 Å². The number of fused-ring (bicyclic) bond motifs is 5. The normalized spacial score (nSPS) is 43.1. The van der Waals surface area contributed by atoms with E-state index >= 15 is 0 Å². The van der Waals surface area contributed by atoms with Gasteiger partial charge in [-0.25, -0.2) is 0 Å². The fraction of sp³-hybridized carbons (Fsp3) is 1.00. The summed E-state index contributed by atoms with van der Waals surface area (Å²) in [6, 6.07) is 0. The SMILES string of the molecule is CCN(CC)CC[C@@H]1[C@@H]([B-]2C3CCCC2CCC3)C[C@H]2C[C@@H]1C2(C)C. The highest BCUT2D eigenvalue weighted by Crippen LogP contribution is 2.68. The first-order chi connectivity index (χ1) is 12.1. The number of hydrogen-bond acceptors (Lipinski definition) is 1. The van der Waals surface area contributed by atoms with Crippen LogP contribution in [0.4, 0.5) is 0 Å². The van der Waals surface area contributed by atoms with Gasteiger partial charge in [-0.05, 0) is 49.7 Å². The van der Waals surface area contributed by atoms with Crippen LogP contribution in [0.15, 0.2) is 0 Å². The van der Waals surface area contributed by atoms with Crippen LogP contribution in [0.1, 0.15) is 85.5 Å². The summed E-state index contributed by atoms with van der Waals surface area (Å²) in [6.07, 6.45) is 14.0. The molecule has 1 radical (unpaired) electrons. The van der Waals surface area contributed by atoms with Crippen LogP contribution >= 0.6 is 0 Å². The van der Waals surface area contributed by atoms with E-state index in [1.807, 2.05) is 0 Å². The van der Waals surface area contributed by atoms with Crippen molar-refractivity contribution in [3.63, 3.8) is 0 Å². The standard InChI is InChI=1S/C23H42BN/c1-5-25(6-2)14-13-20-21-15-17(23(21,3)4)16-22(20)24-18-9-7-10-19(24)12-8-11-18/h17-22H,5-16H2,1-4H3/q-1/t17-,18?,19?,20+,21+,22+/m1/s1. The minimum absolute atomic E-state index is 0.647. The maximum Gasteiger partial charge on any atom is -0.00173 e. The molecule has 0 aromatic rings. The molecular weight excluding hydrogens is 301 g/mol. The molecule has 5 aliphatic rings. The average Bonchev–Trinajstić information content (AvgIpc) is 2.61. The zero-order valence-corrected chi connectivity index (χ0v) is 17.5. The van der Waals surface area contributed by atoms with Gasteiger partial charge in [0.15, 0.2) is 0 Å². The van der Waals surface area contributed by atoms with E-state index in [0.717, 1.165) is 41.9 Å². The second-order valence-electron chi connectivity index (χ2n) is 10.7. The van der Waals surface area contributed by atoms with Gasteiger partial charge in [-0.2, -0.15) is 17.5 Å². The molecule has 5 rings (SSSR count). The minimum Gasteiger partial charge on any atom is -0.304 e. The lowest BCUT2D eigenvalue weighted by Gasteiger charge is -2.70. The van der Waals surface area contributed by atoms with Crippen molar-refractivity contribution in [3.8, 4) is 0 Å². The summed E-state index contributed by atoms with van der Waals surface area (Å²) in [4.78, 5) is 2.68. The second kappa shape index (κ2) is 7.21. The fourth-order valence-electron chi connectivity index (χ4n) is 8.14. The Morgan fingerprint density at radius 1 is 0.920 bits per heavy atom. The molecule has 0 spiro atoms. The number of hydrogen-bond donors (Lipinski definition) is 0. The highest BCUT2D eigenvalue weighted by molar-refractivity contribution is 6.64. The van der Waals surface area contributed by atoms with Crippen molar-refractivity contribution in [2.24, 2.45) is 23.2 Å². The molecule has 5 fully saturated rings. The summed E-state index contributed by atoms with van der Waals surface area (Å²) < 4.78 is 0. The molecule has 0 aromatic carbocycles. The quantitative estimate of drug-likeness (QED) is 0.506. The minimum atomic E-state index is 0.647. The van der Waals surface area contributed by atoms with Crippen molar-refractivity contribution in [3.05, 3.63) is 0 Å². The van der Waals surface area contributed by atoms with E-state index in [1.165, 1.54) is 26.1 Å². The van der Waals surface area contributed by atoms with E-state index in [9.17, 15) is 0 Å². The van der Waals surface area contributed by atoms with E-state index in [-0.39, 0.29) is 0 Å². The molecule has 2 aliphatic heterocycles. The highest BCUT2D eigenvalue weighted by atomic mass is 15.1. The summed E-state index contributed by atoms with van der Waals surface area (Å²) >= 11 is 0. The van der Waals surface area contributed by atoms with Gasteiger partial charge in [0.2, 0.25) is 0 Å². The Morgan fingerprint density at radius 3 is 2.04 bits per heavy atom. The molecular formula is C23H42BN-. The summed E-state index contributed by atoms with van der Waals surface area (Å²) in [6.45, 7) is 14.8. The van der Waals surface area contributed by atoms with Gasteiger partial charge in [-0.1, -0.05) is 78.6 Å². The van der Waals surface area contributed by atoms with Gasteiger partial charge in [0.05, 0.1) is 0 Å². The van der Waals surface area contributed by atoms with Crippen molar-refractivity contribution in [1.82, 2.24) is 4.90 Å². The summed E-state index contributed by atoms with van der Waals surface area (Å²) in [5, 5.41) is 0. The largest absolute Gasteiger partial charge is 0.304 e. The second-order valence-corrected chi connectivity index (χ2v) is 10.7. The lowest BCUT2D eigenvalue weighted by atomic mass is 9.18. The van der Waals surface area contributed by atoms with Crippen molar-refractivity contribution in [2.75, 3.05) is 19.6 Å². The molecule has 3 saturated carbocycles. The Kier molecular flexibility index (Phi) is 5.31. The average molecular weight is 343 g/mol. The van der Waals surface area contributed by atoms with Gasteiger partial charge in [0.1, 0.15) is 0 Å². The Morgan fingerprint density at radius 2 is 1.52 bits per heavy atom. The zero-order chi connectivity index (χ0) is 17.6. The van der Waals surface area contributed by atoms with E-state index < -0.39 is 0 Å². The van der Waals surface area contributed by atoms with Gasteiger partial charge in [-0.15, -0.1) is 6.71 Å². The Bertz CT molecular complexity index is 435. The van der Waals surface area contributed by atoms with Crippen LogP contribution in [0.5, 0.6) is 0 Å². The number of nitrogens with zero attached hydrogens (tertiary/aromatic N) is 1. The van der Waals surface area contributed by atoms with E-state index in [0.29, 0.717) is 5.41 Å². The Balaban J connectivity index is 1.53. The monoisotopic (exact) mass is 343 g/mol. The molecule has 1 nitrogen and oxygen atoms in total. The molecule has 0 N–H and O–H groups in total. The third-order valence-corrected chi connectivity index (χ3v) is 9.73. The van der Waals surface area contributed by atoms with Crippen LogP contribution in [-0.2, 0) is 0 Å². The van der Waals surface area contributed by atoms with Gasteiger partial charge in [-0.3, -0.25) is 0 Å². The van der Waals surface area contributed by atoms with E-state index in [2.05, 4.69) is 32.6 Å². The van der Waals surface area contributed by atoms with Gasteiger partial charge < -0.3 is 4.90 Å². The zero-order valence-electron chi connectivity index (χ0n) is 17.5. The highest BCUT2D eigenvalue weighted by Gasteiger charge is 2.56. The van der Waals surface area contributed by atoms with Crippen molar-refractivity contribution in [2.45, 2.75) is 103 Å². The summed E-state index contributed by atoms with van der Waals surface area (Å²) in [5.74, 6) is 6.42. The first-order valence-corrected chi connectivity index (χ1v) is 11.8.